The van der Waals surface area contributed by atoms with Gasteiger partial charge < -0.3 is 15.8 Å². The lowest BCUT2D eigenvalue weighted by Crippen LogP contribution is -2.03. The molecule has 3 rings (SSSR count). The molecule has 0 aliphatic heterocycles. The van der Waals surface area contributed by atoms with Crippen LogP contribution in [-0.4, -0.2) is 21.0 Å². The number of anilines is 1. The number of pyridine rings is 1. The van der Waals surface area contributed by atoms with Crippen LogP contribution < -0.4 is 5.73 Å². The van der Waals surface area contributed by atoms with E-state index < -0.39 is 5.91 Å². The summed E-state index contributed by atoms with van der Waals surface area (Å²) < 4.78 is 0. The van der Waals surface area contributed by atoms with Gasteiger partial charge in [0.05, 0.1) is 16.2 Å². The molecule has 2 heterocycles. The Morgan fingerprint density at radius 1 is 1.23 bits per heavy atom. The van der Waals surface area contributed by atoms with Crippen LogP contribution in [0.15, 0.2) is 22.4 Å². The second kappa shape index (κ2) is 6.75. The zero-order valence-electron chi connectivity index (χ0n) is 13.6. The number of aryl methyl sites for hydroxylation is 2. The molecule has 134 valence electrons. The van der Waals surface area contributed by atoms with Gasteiger partial charge in [0.1, 0.15) is 5.02 Å². The third kappa shape index (κ3) is 3.09. The van der Waals surface area contributed by atoms with Crippen molar-refractivity contribution in [2.24, 2.45) is 10.2 Å². The Hall–Kier alpha value is -2.35. The molecule has 26 heavy (non-hydrogen) atoms. The molecule has 1 amide bonds. The summed E-state index contributed by atoms with van der Waals surface area (Å²) in [5.41, 5.74) is 8.05. The van der Waals surface area contributed by atoms with E-state index in [-0.39, 0.29) is 38.1 Å². The van der Waals surface area contributed by atoms with Crippen molar-refractivity contribution in [3.05, 3.63) is 44.2 Å². The van der Waals surface area contributed by atoms with Crippen molar-refractivity contribution in [3.63, 3.8) is 0 Å². The highest BCUT2D eigenvalue weighted by Gasteiger charge is 2.20. The van der Waals surface area contributed by atoms with Crippen molar-refractivity contribution in [1.29, 1.82) is 0 Å². The number of nitrogen functional groups attached to an aromatic ring is 1. The number of hydrogen-bond donors (Lipinski definition) is 3. The summed E-state index contributed by atoms with van der Waals surface area (Å²) in [4.78, 5) is 18.9. The smallest absolute Gasteiger partial charge is 0.315 e. The van der Waals surface area contributed by atoms with Gasteiger partial charge in [-0.3, -0.25) is 4.79 Å². The van der Waals surface area contributed by atoms with Crippen LogP contribution in [0.2, 0.25) is 15.2 Å². The molecule has 0 spiro atoms. The minimum absolute atomic E-state index is 0.0506. The number of amides is 1. The number of aromatic nitrogens is 2. The van der Waals surface area contributed by atoms with Gasteiger partial charge in [0.25, 0.3) is 0 Å². The van der Waals surface area contributed by atoms with Gasteiger partial charge in [-0.15, -0.1) is 10.2 Å². The standard InChI is InChI=1S/C16H12Cl3N5O2/c1-5-3-6(2)11-7(4-5)12(15(25)22-11)23-24-16(26)13-8(17)10(20)9(18)14(19)21-13/h3-4,22,25H,1-2H3,(H2,20,21). The van der Waals surface area contributed by atoms with E-state index in [0.717, 1.165) is 11.1 Å². The Kier molecular flexibility index (Phi) is 4.79. The normalized spacial score (nSPS) is 11.6. The number of nitrogens with zero attached hydrogens (tertiary/aromatic N) is 3. The number of nitrogens with two attached hydrogens (primary N) is 1. The van der Waals surface area contributed by atoms with Gasteiger partial charge in [-0.25, -0.2) is 4.98 Å². The highest BCUT2D eigenvalue weighted by atomic mass is 35.5. The fourth-order valence-electron chi connectivity index (χ4n) is 2.54. The minimum atomic E-state index is -0.876. The molecule has 10 heteroatoms. The molecule has 3 aromatic rings. The summed E-state index contributed by atoms with van der Waals surface area (Å²) in [6, 6.07) is 3.77. The fraction of sp³-hybridized carbons (Fsp3) is 0.125. The first-order valence-corrected chi connectivity index (χ1v) is 8.42. The summed E-state index contributed by atoms with van der Waals surface area (Å²) in [6.45, 7) is 3.80. The molecular weight excluding hydrogens is 401 g/mol. The summed E-state index contributed by atoms with van der Waals surface area (Å²) in [6.07, 6.45) is 0. The maximum absolute atomic E-state index is 12.3. The van der Waals surface area contributed by atoms with Gasteiger partial charge in [-0.1, -0.05) is 46.4 Å². The Balaban J connectivity index is 2.05. The summed E-state index contributed by atoms with van der Waals surface area (Å²) in [5, 5.41) is 17.8. The van der Waals surface area contributed by atoms with E-state index in [9.17, 15) is 9.90 Å². The van der Waals surface area contributed by atoms with E-state index in [1.807, 2.05) is 26.0 Å². The number of H-pyrrole nitrogens is 1. The monoisotopic (exact) mass is 411 g/mol. The summed E-state index contributed by atoms with van der Waals surface area (Å²) in [5.74, 6) is -1.09. The lowest BCUT2D eigenvalue weighted by molar-refractivity contribution is 0.0990. The van der Waals surface area contributed by atoms with Crippen molar-refractivity contribution >= 4 is 63.0 Å². The Labute approximate surface area is 162 Å². The van der Waals surface area contributed by atoms with Gasteiger partial charge in [-0.05, 0) is 25.5 Å². The Morgan fingerprint density at radius 3 is 2.62 bits per heavy atom. The van der Waals surface area contributed by atoms with Crippen molar-refractivity contribution in [1.82, 2.24) is 9.97 Å². The lowest BCUT2D eigenvalue weighted by Gasteiger charge is -2.05. The summed E-state index contributed by atoms with van der Waals surface area (Å²) >= 11 is 17.6. The largest absolute Gasteiger partial charge is 0.493 e. The molecule has 7 nitrogen and oxygen atoms in total. The van der Waals surface area contributed by atoms with Gasteiger partial charge >= 0.3 is 5.91 Å². The van der Waals surface area contributed by atoms with Gasteiger partial charge in [0.15, 0.2) is 16.5 Å². The lowest BCUT2D eigenvalue weighted by atomic mass is 10.1. The van der Waals surface area contributed by atoms with Gasteiger partial charge in [0, 0.05) is 5.39 Å². The maximum Gasteiger partial charge on any atom is 0.315 e. The zero-order valence-corrected chi connectivity index (χ0v) is 15.8. The number of nitrogens with one attached hydrogen (secondary N) is 1. The first kappa shape index (κ1) is 18.4. The molecule has 0 aliphatic carbocycles. The van der Waals surface area contributed by atoms with Crippen LogP contribution >= 0.6 is 34.8 Å². The second-order valence-electron chi connectivity index (χ2n) is 5.62. The highest BCUT2D eigenvalue weighted by molar-refractivity contribution is 6.46. The zero-order chi connectivity index (χ0) is 19.2. The number of rotatable bonds is 2. The van der Waals surface area contributed by atoms with Crippen molar-refractivity contribution in [2.75, 3.05) is 5.73 Å². The number of azo groups is 1. The minimum Gasteiger partial charge on any atom is -0.493 e. The van der Waals surface area contributed by atoms with Crippen molar-refractivity contribution in [2.45, 2.75) is 13.8 Å². The molecule has 0 atom stereocenters. The number of fused-ring (bicyclic) bond motifs is 1. The highest BCUT2D eigenvalue weighted by Crippen LogP contribution is 2.38. The van der Waals surface area contributed by atoms with Crippen LogP contribution in [0.3, 0.4) is 0 Å². The maximum atomic E-state index is 12.3. The average Bonchev–Trinajstić information content (AvgIpc) is 2.90. The number of carbonyl (C=O) groups is 1. The number of carbonyl (C=O) groups excluding carboxylic acids is 1. The van der Waals surface area contributed by atoms with Crippen molar-refractivity contribution in [3.8, 4) is 5.88 Å². The summed E-state index contributed by atoms with van der Waals surface area (Å²) in [7, 11) is 0. The van der Waals surface area contributed by atoms with E-state index in [1.165, 1.54) is 0 Å². The predicted molar refractivity (Wildman–Crippen MR) is 102 cm³/mol. The molecule has 0 fully saturated rings. The van der Waals surface area contributed by atoms with Crippen molar-refractivity contribution < 1.29 is 9.90 Å². The second-order valence-corrected chi connectivity index (χ2v) is 6.74. The molecule has 1 aromatic carbocycles. The van der Waals surface area contributed by atoms with Gasteiger partial charge in [0.2, 0.25) is 5.88 Å². The van der Waals surface area contributed by atoms with E-state index in [1.54, 1.807) is 0 Å². The number of benzene rings is 1. The SMILES string of the molecule is Cc1cc(C)c2[nH]c(O)c(N=NC(=O)c3nc(Cl)c(Cl)c(N)c3Cl)c2c1. The number of aromatic hydroxyl groups is 1. The van der Waals surface area contributed by atoms with Crippen LogP contribution in [0.4, 0.5) is 11.4 Å². The number of aromatic amines is 1. The fourth-order valence-corrected chi connectivity index (χ4v) is 3.13. The van der Waals surface area contributed by atoms with Crippen LogP contribution in [-0.2, 0) is 0 Å². The molecule has 0 aliphatic rings. The third-order valence-electron chi connectivity index (χ3n) is 3.72. The molecular formula is C16H12Cl3N5O2. The van der Waals surface area contributed by atoms with E-state index >= 15 is 0 Å². The van der Waals surface area contributed by atoms with Gasteiger partial charge in [-0.2, -0.15) is 0 Å². The molecule has 0 bridgehead atoms. The molecule has 0 saturated carbocycles. The Morgan fingerprint density at radius 2 is 1.92 bits per heavy atom. The number of halogens is 3. The van der Waals surface area contributed by atoms with Crippen LogP contribution in [0, 0.1) is 13.8 Å². The number of hydrogen-bond acceptors (Lipinski definition) is 5. The Bertz CT molecular complexity index is 1090. The van der Waals surface area contributed by atoms with E-state index in [2.05, 4.69) is 20.2 Å². The first-order valence-electron chi connectivity index (χ1n) is 7.28. The molecule has 2 aromatic heterocycles. The molecule has 0 radical (unpaired) electrons. The van der Waals surface area contributed by atoms with E-state index in [4.69, 9.17) is 40.5 Å². The van der Waals surface area contributed by atoms with E-state index in [0.29, 0.717) is 10.9 Å². The topological polar surface area (TPSA) is 117 Å². The van der Waals surface area contributed by atoms with Crippen LogP contribution in [0.25, 0.3) is 10.9 Å². The van der Waals surface area contributed by atoms with Crippen LogP contribution in [0.5, 0.6) is 5.88 Å². The van der Waals surface area contributed by atoms with Crippen LogP contribution in [0.1, 0.15) is 21.6 Å². The molecule has 0 unspecified atom stereocenters. The average molecular weight is 413 g/mol. The predicted octanol–water partition coefficient (Wildman–Crippen LogP) is 5.35. The molecule has 4 N–H and O–H groups in total. The third-order valence-corrected chi connectivity index (χ3v) is 4.85. The first-order chi connectivity index (χ1) is 12.2. The quantitative estimate of drug-likeness (QED) is 0.388. The molecule has 0 saturated heterocycles.